The predicted octanol–water partition coefficient (Wildman–Crippen LogP) is 4.37. The molecule has 27 heavy (non-hydrogen) atoms. The summed E-state index contributed by atoms with van der Waals surface area (Å²) in [5, 5.41) is 1.35. The molecule has 0 saturated carbocycles. The first-order valence-electron chi connectivity index (χ1n) is 8.47. The van der Waals surface area contributed by atoms with Crippen LogP contribution >= 0.6 is 0 Å². The highest BCUT2D eigenvalue weighted by Gasteiger charge is 2.20. The number of rotatable bonds is 6. The Kier molecular flexibility index (Phi) is 5.16. The summed E-state index contributed by atoms with van der Waals surface area (Å²) in [6, 6.07) is 6.37. The van der Waals surface area contributed by atoms with Crippen molar-refractivity contribution in [2.45, 2.75) is 26.9 Å². The van der Waals surface area contributed by atoms with Gasteiger partial charge in [-0.2, -0.15) is 0 Å². The molecule has 0 saturated heterocycles. The first-order chi connectivity index (χ1) is 12.9. The van der Waals surface area contributed by atoms with Gasteiger partial charge in [-0.05, 0) is 38.5 Å². The molecule has 3 aromatic rings. The monoisotopic (exact) mass is 368 g/mol. The molecule has 0 amide bonds. The SMILES string of the molecule is C=C(C)[C@H](COc1c2ccoc2cc2oc(=O)ccc12)OC(=O)/C(C)=C\C. The Morgan fingerprint density at radius 1 is 1.22 bits per heavy atom. The second-order valence-electron chi connectivity index (χ2n) is 6.23. The van der Waals surface area contributed by atoms with E-state index in [4.69, 9.17) is 18.3 Å². The third kappa shape index (κ3) is 3.79. The number of fused-ring (bicyclic) bond motifs is 2. The first kappa shape index (κ1) is 18.5. The summed E-state index contributed by atoms with van der Waals surface area (Å²) in [5.74, 6) is 0.0662. The molecule has 3 rings (SSSR count). The first-order valence-corrected chi connectivity index (χ1v) is 8.47. The van der Waals surface area contributed by atoms with Crippen molar-refractivity contribution >= 4 is 27.9 Å². The highest BCUT2D eigenvalue weighted by atomic mass is 16.6. The van der Waals surface area contributed by atoms with E-state index in [1.165, 1.54) is 12.3 Å². The molecule has 0 aliphatic rings. The van der Waals surface area contributed by atoms with E-state index in [1.807, 2.05) is 0 Å². The average molecular weight is 368 g/mol. The van der Waals surface area contributed by atoms with Crippen LogP contribution in [-0.4, -0.2) is 18.7 Å². The summed E-state index contributed by atoms with van der Waals surface area (Å²) in [5.41, 5.74) is 1.58. The van der Waals surface area contributed by atoms with Gasteiger partial charge in [-0.1, -0.05) is 12.7 Å². The van der Waals surface area contributed by atoms with E-state index in [1.54, 1.807) is 45.0 Å². The summed E-state index contributed by atoms with van der Waals surface area (Å²) in [6.45, 7) is 9.16. The highest BCUT2D eigenvalue weighted by molar-refractivity contribution is 6.01. The van der Waals surface area contributed by atoms with Crippen molar-refractivity contribution in [1.29, 1.82) is 0 Å². The lowest BCUT2D eigenvalue weighted by molar-refractivity contribution is -0.143. The fourth-order valence-corrected chi connectivity index (χ4v) is 2.54. The van der Waals surface area contributed by atoms with Gasteiger partial charge >= 0.3 is 11.6 Å². The van der Waals surface area contributed by atoms with Gasteiger partial charge in [0.25, 0.3) is 0 Å². The molecule has 6 nitrogen and oxygen atoms in total. The summed E-state index contributed by atoms with van der Waals surface area (Å²) in [7, 11) is 0. The number of ether oxygens (including phenoxy) is 2. The zero-order valence-corrected chi connectivity index (χ0v) is 15.4. The van der Waals surface area contributed by atoms with Crippen LogP contribution in [-0.2, 0) is 9.53 Å². The van der Waals surface area contributed by atoms with Gasteiger partial charge in [-0.25, -0.2) is 9.59 Å². The summed E-state index contributed by atoms with van der Waals surface area (Å²) in [6.07, 6.45) is 2.58. The third-order valence-corrected chi connectivity index (χ3v) is 4.24. The number of allylic oxidation sites excluding steroid dienone is 1. The van der Waals surface area contributed by atoms with Crippen LogP contribution in [0.25, 0.3) is 21.9 Å². The third-order valence-electron chi connectivity index (χ3n) is 4.24. The van der Waals surface area contributed by atoms with Crippen LogP contribution in [0.2, 0.25) is 0 Å². The minimum Gasteiger partial charge on any atom is -0.488 e. The van der Waals surface area contributed by atoms with Gasteiger partial charge in [-0.3, -0.25) is 0 Å². The standard InChI is InChI=1S/C21H20O6/c1-5-13(4)21(23)27-18(12(2)3)11-25-20-14-6-7-19(22)26-17(14)10-16-15(20)8-9-24-16/h5-10,18H,2,11H2,1,3-4H3/b13-5-/t18-/m0/s1. The van der Waals surface area contributed by atoms with Gasteiger partial charge in [0.05, 0.1) is 17.0 Å². The Morgan fingerprint density at radius 2 is 1.96 bits per heavy atom. The van der Waals surface area contributed by atoms with Crippen LogP contribution in [0.3, 0.4) is 0 Å². The number of furan rings is 1. The molecule has 6 heteroatoms. The molecule has 0 spiro atoms. The van der Waals surface area contributed by atoms with Crippen LogP contribution in [0.15, 0.2) is 68.0 Å². The molecule has 0 radical (unpaired) electrons. The lowest BCUT2D eigenvalue weighted by Crippen LogP contribution is -2.26. The smallest absolute Gasteiger partial charge is 0.336 e. The van der Waals surface area contributed by atoms with Gasteiger partial charge in [-0.15, -0.1) is 0 Å². The summed E-state index contributed by atoms with van der Waals surface area (Å²) < 4.78 is 22.1. The van der Waals surface area contributed by atoms with E-state index < -0.39 is 17.7 Å². The molecule has 0 fully saturated rings. The van der Waals surface area contributed by atoms with Crippen molar-refractivity contribution in [3.05, 3.63) is 64.7 Å². The Hall–Kier alpha value is -3.28. The van der Waals surface area contributed by atoms with E-state index >= 15 is 0 Å². The second kappa shape index (κ2) is 7.53. The molecule has 2 heterocycles. The fourth-order valence-electron chi connectivity index (χ4n) is 2.54. The van der Waals surface area contributed by atoms with E-state index in [0.717, 1.165) is 5.39 Å². The lowest BCUT2D eigenvalue weighted by Gasteiger charge is -2.19. The van der Waals surface area contributed by atoms with Crippen LogP contribution in [0.5, 0.6) is 5.75 Å². The number of hydrogen-bond acceptors (Lipinski definition) is 6. The lowest BCUT2D eigenvalue weighted by atomic mass is 10.1. The molecule has 0 unspecified atom stereocenters. The maximum Gasteiger partial charge on any atom is 0.336 e. The number of carbonyl (C=O) groups excluding carboxylic acids is 1. The van der Waals surface area contributed by atoms with Crippen LogP contribution < -0.4 is 10.4 Å². The summed E-state index contributed by atoms with van der Waals surface area (Å²) >= 11 is 0. The van der Waals surface area contributed by atoms with E-state index in [-0.39, 0.29) is 6.61 Å². The Bertz CT molecular complexity index is 1100. The maximum atomic E-state index is 12.1. The molecular weight excluding hydrogens is 348 g/mol. The molecule has 0 N–H and O–H groups in total. The molecular formula is C21H20O6. The van der Waals surface area contributed by atoms with Crippen molar-refractivity contribution in [3.8, 4) is 5.75 Å². The zero-order chi connectivity index (χ0) is 19.6. The van der Waals surface area contributed by atoms with E-state index in [9.17, 15) is 9.59 Å². The predicted molar refractivity (Wildman–Crippen MR) is 102 cm³/mol. The number of hydrogen-bond donors (Lipinski definition) is 0. The molecule has 0 aliphatic carbocycles. The van der Waals surface area contributed by atoms with Gasteiger partial charge in [0, 0.05) is 17.7 Å². The minimum atomic E-state index is -0.625. The molecule has 0 bridgehead atoms. The van der Waals surface area contributed by atoms with Gasteiger partial charge < -0.3 is 18.3 Å². The Morgan fingerprint density at radius 3 is 2.67 bits per heavy atom. The van der Waals surface area contributed by atoms with Crippen LogP contribution in [0.4, 0.5) is 0 Å². The van der Waals surface area contributed by atoms with Crippen molar-refractivity contribution in [1.82, 2.24) is 0 Å². The topological polar surface area (TPSA) is 78.9 Å². The van der Waals surface area contributed by atoms with Gasteiger partial charge in [0.1, 0.15) is 23.5 Å². The van der Waals surface area contributed by atoms with Crippen molar-refractivity contribution in [2.24, 2.45) is 0 Å². The number of esters is 1. The maximum absolute atomic E-state index is 12.1. The van der Waals surface area contributed by atoms with Crippen molar-refractivity contribution < 1.29 is 23.1 Å². The van der Waals surface area contributed by atoms with Crippen LogP contribution in [0, 0.1) is 0 Å². The normalized spacial score (nSPS) is 12.9. The fraction of sp³-hybridized carbons (Fsp3) is 0.238. The molecule has 1 atom stereocenters. The quantitative estimate of drug-likeness (QED) is 0.278. The van der Waals surface area contributed by atoms with Crippen LogP contribution in [0.1, 0.15) is 20.8 Å². The van der Waals surface area contributed by atoms with Gasteiger partial charge in [0.2, 0.25) is 0 Å². The Balaban J connectivity index is 1.94. The molecule has 0 aliphatic heterocycles. The largest absolute Gasteiger partial charge is 0.488 e. The average Bonchev–Trinajstić information content (AvgIpc) is 3.10. The molecule has 2 aromatic heterocycles. The number of carbonyl (C=O) groups is 1. The van der Waals surface area contributed by atoms with E-state index in [0.29, 0.717) is 33.4 Å². The number of benzene rings is 1. The van der Waals surface area contributed by atoms with Crippen molar-refractivity contribution in [3.63, 3.8) is 0 Å². The summed E-state index contributed by atoms with van der Waals surface area (Å²) in [4.78, 5) is 23.6. The second-order valence-corrected chi connectivity index (χ2v) is 6.23. The molecule has 1 aromatic carbocycles. The highest BCUT2D eigenvalue weighted by Crippen LogP contribution is 2.35. The van der Waals surface area contributed by atoms with Gasteiger partial charge in [0.15, 0.2) is 6.10 Å². The van der Waals surface area contributed by atoms with Crippen molar-refractivity contribution in [2.75, 3.05) is 6.61 Å². The minimum absolute atomic E-state index is 0.0661. The van der Waals surface area contributed by atoms with E-state index in [2.05, 4.69) is 6.58 Å². The molecule has 140 valence electrons. The Labute approximate surface area is 155 Å². The zero-order valence-electron chi connectivity index (χ0n) is 15.4.